The molecule has 3 rings (SSSR count). The van der Waals surface area contributed by atoms with Crippen LogP contribution in [0.3, 0.4) is 0 Å². The summed E-state index contributed by atoms with van der Waals surface area (Å²) in [5.41, 5.74) is 10.9. The summed E-state index contributed by atoms with van der Waals surface area (Å²) < 4.78 is 5.66. The monoisotopic (exact) mass is 439 g/mol. The van der Waals surface area contributed by atoms with Crippen LogP contribution in [0.1, 0.15) is 36.6 Å². The quantitative estimate of drug-likeness (QED) is 0.439. The number of aromatic hydroxyl groups is 1. The maximum Gasteiger partial charge on any atom is 0.273 e. The Morgan fingerprint density at radius 1 is 0.903 bits per heavy atom. The fourth-order valence-electron chi connectivity index (χ4n) is 2.70. The Bertz CT molecular complexity index is 1150. The van der Waals surface area contributed by atoms with E-state index in [1.54, 1.807) is 48.5 Å². The van der Waals surface area contributed by atoms with Crippen molar-refractivity contribution in [2.75, 3.05) is 0 Å². The van der Waals surface area contributed by atoms with Crippen molar-refractivity contribution in [3.8, 4) is 11.5 Å². The van der Waals surface area contributed by atoms with Gasteiger partial charge in [0.2, 0.25) is 0 Å². The van der Waals surface area contributed by atoms with E-state index < -0.39 is 17.7 Å². The number of para-hydroxylation sites is 1. The van der Waals surface area contributed by atoms with Gasteiger partial charge in [0.1, 0.15) is 18.1 Å². The number of nitrogens with two attached hydrogens (primary N) is 1. The molecule has 0 aromatic heterocycles. The maximum atomic E-state index is 12.4. The largest absolute Gasteiger partial charge is 0.507 e. The van der Waals surface area contributed by atoms with Crippen LogP contribution in [-0.4, -0.2) is 22.8 Å². The molecule has 3 amide bonds. The Balaban J connectivity index is 1.63. The molecule has 3 aromatic carbocycles. The number of phenolic OH excluding ortho intramolecular Hbond substituents is 1. The number of ether oxygens (including phenoxy) is 1. The Labute approximate surface area is 182 Å². The van der Waals surface area contributed by atoms with Crippen LogP contribution < -0.4 is 21.3 Å². The lowest BCUT2D eigenvalue weighted by Crippen LogP contribution is -2.41. The second-order valence-electron chi connectivity index (χ2n) is 6.42. The van der Waals surface area contributed by atoms with Crippen LogP contribution >= 0.6 is 11.6 Å². The lowest BCUT2D eigenvalue weighted by Gasteiger charge is -2.11. The first kappa shape index (κ1) is 21.7. The fourth-order valence-corrected chi connectivity index (χ4v) is 2.87. The highest BCUT2D eigenvalue weighted by Gasteiger charge is 2.14. The number of phenols is 1. The SMILES string of the molecule is NC(=O)c1ccccc1OCc1cccc(C(=O)NNC(=O)c2cc(Cl)ccc2O)c1. The third-order valence-corrected chi connectivity index (χ3v) is 4.46. The summed E-state index contributed by atoms with van der Waals surface area (Å²) in [4.78, 5) is 36.0. The van der Waals surface area contributed by atoms with Gasteiger partial charge in [0.15, 0.2) is 0 Å². The number of rotatable bonds is 6. The zero-order valence-electron chi connectivity index (χ0n) is 16.1. The number of amides is 3. The molecule has 0 spiro atoms. The number of primary amides is 1. The van der Waals surface area contributed by atoms with Crippen molar-refractivity contribution in [1.82, 2.24) is 10.9 Å². The van der Waals surface area contributed by atoms with Crippen LogP contribution in [0, 0.1) is 0 Å². The molecule has 0 unspecified atom stereocenters. The Morgan fingerprint density at radius 2 is 1.65 bits per heavy atom. The highest BCUT2D eigenvalue weighted by Crippen LogP contribution is 2.21. The predicted octanol–water partition coefficient (Wildman–Crippen LogP) is 2.80. The third kappa shape index (κ3) is 5.52. The van der Waals surface area contributed by atoms with Crippen molar-refractivity contribution in [2.24, 2.45) is 5.73 Å². The third-order valence-electron chi connectivity index (χ3n) is 4.23. The first-order chi connectivity index (χ1) is 14.8. The lowest BCUT2D eigenvalue weighted by atomic mass is 10.1. The Morgan fingerprint density at radius 3 is 2.42 bits per heavy atom. The standard InChI is InChI=1S/C22H18ClN3O5/c23-15-8-9-18(27)17(11-15)22(30)26-25-21(29)14-5-3-4-13(10-14)12-31-19-7-2-1-6-16(19)20(24)28/h1-11,27H,12H2,(H2,24,28)(H,25,29)(H,26,30). The van der Waals surface area contributed by atoms with Crippen molar-refractivity contribution < 1.29 is 24.2 Å². The molecule has 0 aliphatic carbocycles. The van der Waals surface area contributed by atoms with Crippen molar-refractivity contribution >= 4 is 29.3 Å². The van der Waals surface area contributed by atoms with E-state index in [0.717, 1.165) is 0 Å². The second-order valence-corrected chi connectivity index (χ2v) is 6.86. The molecule has 0 saturated carbocycles. The predicted molar refractivity (Wildman–Crippen MR) is 114 cm³/mol. The molecule has 0 heterocycles. The smallest absolute Gasteiger partial charge is 0.273 e. The number of hydrogen-bond donors (Lipinski definition) is 4. The Kier molecular flexibility index (Phi) is 6.74. The van der Waals surface area contributed by atoms with Gasteiger partial charge in [0.25, 0.3) is 17.7 Å². The van der Waals surface area contributed by atoms with Crippen LogP contribution in [0.5, 0.6) is 11.5 Å². The molecule has 8 nitrogen and oxygen atoms in total. The van der Waals surface area contributed by atoms with E-state index in [0.29, 0.717) is 11.3 Å². The van der Waals surface area contributed by atoms with Gasteiger partial charge in [-0.2, -0.15) is 0 Å². The zero-order valence-corrected chi connectivity index (χ0v) is 16.8. The number of nitrogens with one attached hydrogen (secondary N) is 2. The minimum atomic E-state index is -0.726. The average molecular weight is 440 g/mol. The second kappa shape index (κ2) is 9.64. The summed E-state index contributed by atoms with van der Waals surface area (Å²) >= 11 is 5.82. The van der Waals surface area contributed by atoms with Gasteiger partial charge in [-0.25, -0.2) is 0 Å². The number of halogens is 1. The van der Waals surface area contributed by atoms with E-state index in [2.05, 4.69) is 10.9 Å². The van der Waals surface area contributed by atoms with Gasteiger partial charge in [0, 0.05) is 10.6 Å². The normalized spacial score (nSPS) is 10.2. The van der Waals surface area contributed by atoms with E-state index in [9.17, 15) is 19.5 Å². The van der Waals surface area contributed by atoms with E-state index in [1.165, 1.54) is 18.2 Å². The van der Waals surface area contributed by atoms with Crippen molar-refractivity contribution in [2.45, 2.75) is 6.61 Å². The highest BCUT2D eigenvalue weighted by atomic mass is 35.5. The highest BCUT2D eigenvalue weighted by molar-refractivity contribution is 6.31. The molecule has 0 bridgehead atoms. The van der Waals surface area contributed by atoms with Gasteiger partial charge >= 0.3 is 0 Å². The molecular weight excluding hydrogens is 422 g/mol. The molecule has 0 aliphatic heterocycles. The summed E-state index contributed by atoms with van der Waals surface area (Å²) in [6, 6.07) is 17.1. The average Bonchev–Trinajstić information content (AvgIpc) is 2.77. The van der Waals surface area contributed by atoms with E-state index in [-0.39, 0.29) is 34.1 Å². The summed E-state index contributed by atoms with van der Waals surface area (Å²) in [6.07, 6.45) is 0. The molecule has 31 heavy (non-hydrogen) atoms. The Hall–Kier alpha value is -4.04. The van der Waals surface area contributed by atoms with Crippen LogP contribution in [-0.2, 0) is 6.61 Å². The van der Waals surface area contributed by atoms with Gasteiger partial charge in [-0.1, -0.05) is 35.9 Å². The summed E-state index contributed by atoms with van der Waals surface area (Å²) in [6.45, 7) is 0.0914. The van der Waals surface area contributed by atoms with E-state index >= 15 is 0 Å². The van der Waals surface area contributed by atoms with Crippen molar-refractivity contribution in [3.05, 3.63) is 94.0 Å². The van der Waals surface area contributed by atoms with Crippen LogP contribution in [0.2, 0.25) is 5.02 Å². The van der Waals surface area contributed by atoms with Crippen LogP contribution in [0.25, 0.3) is 0 Å². The van der Waals surface area contributed by atoms with Crippen molar-refractivity contribution in [3.63, 3.8) is 0 Å². The molecule has 0 saturated heterocycles. The van der Waals surface area contributed by atoms with Gasteiger partial charge in [-0.15, -0.1) is 0 Å². The zero-order chi connectivity index (χ0) is 22.4. The van der Waals surface area contributed by atoms with Gasteiger partial charge in [-0.05, 0) is 48.0 Å². The molecule has 0 radical (unpaired) electrons. The first-order valence-corrected chi connectivity index (χ1v) is 9.42. The maximum absolute atomic E-state index is 12.4. The van der Waals surface area contributed by atoms with Crippen LogP contribution in [0.15, 0.2) is 66.7 Å². The minimum absolute atomic E-state index is 0.0805. The molecule has 0 atom stereocenters. The number of carbonyl (C=O) groups is 3. The summed E-state index contributed by atoms with van der Waals surface area (Å²) in [7, 11) is 0. The number of hydrazine groups is 1. The lowest BCUT2D eigenvalue weighted by molar-refractivity contribution is 0.0845. The van der Waals surface area contributed by atoms with Gasteiger partial charge in [0.05, 0.1) is 11.1 Å². The van der Waals surface area contributed by atoms with Gasteiger partial charge in [-0.3, -0.25) is 25.2 Å². The summed E-state index contributed by atoms with van der Waals surface area (Å²) in [5.74, 6) is -1.85. The number of hydrogen-bond acceptors (Lipinski definition) is 5. The van der Waals surface area contributed by atoms with Gasteiger partial charge < -0.3 is 15.6 Å². The molecule has 5 N–H and O–H groups in total. The molecule has 0 fully saturated rings. The molecule has 0 aliphatic rings. The van der Waals surface area contributed by atoms with Crippen LogP contribution in [0.4, 0.5) is 0 Å². The first-order valence-electron chi connectivity index (χ1n) is 9.05. The molecule has 9 heteroatoms. The van der Waals surface area contributed by atoms with Crippen molar-refractivity contribution in [1.29, 1.82) is 0 Å². The molecule has 158 valence electrons. The molecular formula is C22H18ClN3O5. The topological polar surface area (TPSA) is 131 Å². The molecule has 3 aromatic rings. The summed E-state index contributed by atoms with van der Waals surface area (Å²) in [5, 5.41) is 10.0. The van der Waals surface area contributed by atoms with E-state index in [4.69, 9.17) is 22.1 Å². The number of carbonyl (C=O) groups excluding carboxylic acids is 3. The minimum Gasteiger partial charge on any atom is -0.507 e. The number of benzene rings is 3. The fraction of sp³-hybridized carbons (Fsp3) is 0.0455. The van der Waals surface area contributed by atoms with E-state index in [1.807, 2.05) is 0 Å².